The van der Waals surface area contributed by atoms with Crippen molar-refractivity contribution in [1.82, 2.24) is 20.1 Å². The number of nitrogens with zero attached hydrogens (tertiary/aromatic N) is 3. The van der Waals surface area contributed by atoms with Gasteiger partial charge in [-0.25, -0.2) is 4.98 Å². The van der Waals surface area contributed by atoms with Crippen molar-refractivity contribution >= 4 is 5.91 Å². The maximum absolute atomic E-state index is 13.0. The lowest BCUT2D eigenvalue weighted by Crippen LogP contribution is -2.53. The lowest BCUT2D eigenvalue weighted by Gasteiger charge is -2.53. The van der Waals surface area contributed by atoms with Gasteiger partial charge in [-0.3, -0.25) is 9.89 Å². The second-order valence-corrected chi connectivity index (χ2v) is 8.53. The molecule has 2 aromatic rings. The summed E-state index contributed by atoms with van der Waals surface area (Å²) in [6, 6.07) is 7.80. The highest BCUT2D eigenvalue weighted by Crippen LogP contribution is 2.51. The zero-order valence-electron chi connectivity index (χ0n) is 15.4. The number of nitrogens with one attached hydrogen (secondary N) is 1. The van der Waals surface area contributed by atoms with E-state index in [-0.39, 0.29) is 5.91 Å². The third-order valence-electron chi connectivity index (χ3n) is 6.88. The first kappa shape index (κ1) is 16.0. The summed E-state index contributed by atoms with van der Waals surface area (Å²) in [4.78, 5) is 19.6. The first-order valence-corrected chi connectivity index (χ1v) is 9.97. The molecule has 26 heavy (non-hydrogen) atoms. The van der Waals surface area contributed by atoms with Crippen LogP contribution >= 0.6 is 0 Å². The molecule has 1 aromatic heterocycles. The zero-order chi connectivity index (χ0) is 17.7. The van der Waals surface area contributed by atoms with Crippen molar-refractivity contribution in [2.75, 3.05) is 13.1 Å². The molecule has 136 valence electrons. The summed E-state index contributed by atoms with van der Waals surface area (Å²) in [5, 5.41) is 7.37. The van der Waals surface area contributed by atoms with Crippen LogP contribution in [0.2, 0.25) is 0 Å². The van der Waals surface area contributed by atoms with E-state index in [2.05, 4.69) is 27.0 Å². The van der Waals surface area contributed by atoms with Crippen LogP contribution in [-0.4, -0.2) is 39.1 Å². The van der Waals surface area contributed by atoms with Gasteiger partial charge in [0.15, 0.2) is 5.82 Å². The molecule has 1 saturated heterocycles. The first-order valence-electron chi connectivity index (χ1n) is 9.97. The Hall–Kier alpha value is -2.17. The predicted molar refractivity (Wildman–Crippen MR) is 99.8 cm³/mol. The molecule has 3 fully saturated rings. The van der Waals surface area contributed by atoms with Gasteiger partial charge in [-0.05, 0) is 55.6 Å². The maximum Gasteiger partial charge on any atom is 0.253 e. The minimum Gasteiger partial charge on any atom is -0.338 e. The van der Waals surface area contributed by atoms with E-state index in [4.69, 9.17) is 0 Å². The average molecular weight is 350 g/mol. The van der Waals surface area contributed by atoms with Crippen molar-refractivity contribution in [3.63, 3.8) is 0 Å². The standard InChI is InChI=1S/C21H26N4O/c1-14-9-12-25(13-21(14)10-2-11-21)20(26)17-7-5-16(6-8-17)19-22-18(23-24-19)15-3-4-15/h5-8,14-15H,2-4,9-13H2,1H3,(H,22,23,24). The third kappa shape index (κ3) is 2.65. The summed E-state index contributed by atoms with van der Waals surface area (Å²) < 4.78 is 0. The number of piperidine rings is 1. The van der Waals surface area contributed by atoms with Crippen molar-refractivity contribution in [2.45, 2.75) is 51.4 Å². The Balaban J connectivity index is 1.31. The van der Waals surface area contributed by atoms with E-state index < -0.39 is 0 Å². The molecule has 1 amide bonds. The van der Waals surface area contributed by atoms with Gasteiger partial charge in [0.1, 0.15) is 5.82 Å². The number of aromatic nitrogens is 3. The largest absolute Gasteiger partial charge is 0.338 e. The Labute approximate surface area is 154 Å². The van der Waals surface area contributed by atoms with E-state index in [9.17, 15) is 4.79 Å². The summed E-state index contributed by atoms with van der Waals surface area (Å²) >= 11 is 0. The molecule has 1 spiro atoms. The molecule has 1 atom stereocenters. The van der Waals surface area contributed by atoms with Crippen LogP contribution in [0.5, 0.6) is 0 Å². The molecular weight excluding hydrogens is 324 g/mol. The van der Waals surface area contributed by atoms with Crippen molar-refractivity contribution in [2.24, 2.45) is 11.3 Å². The lowest BCUT2D eigenvalue weighted by atomic mass is 9.59. The number of carbonyl (C=O) groups is 1. The molecule has 2 saturated carbocycles. The van der Waals surface area contributed by atoms with Crippen LogP contribution in [-0.2, 0) is 0 Å². The number of hydrogen-bond donors (Lipinski definition) is 1. The van der Waals surface area contributed by atoms with Gasteiger partial charge < -0.3 is 4.90 Å². The van der Waals surface area contributed by atoms with Gasteiger partial charge in [0.2, 0.25) is 0 Å². The molecular formula is C21H26N4O. The highest BCUT2D eigenvalue weighted by molar-refractivity contribution is 5.94. The third-order valence-corrected chi connectivity index (χ3v) is 6.88. The van der Waals surface area contributed by atoms with Gasteiger partial charge in [0.05, 0.1) is 0 Å². The minimum absolute atomic E-state index is 0.170. The Morgan fingerprint density at radius 1 is 1.19 bits per heavy atom. The smallest absolute Gasteiger partial charge is 0.253 e. The zero-order valence-corrected chi connectivity index (χ0v) is 15.4. The van der Waals surface area contributed by atoms with Crippen LogP contribution in [0.25, 0.3) is 11.4 Å². The highest BCUT2D eigenvalue weighted by Gasteiger charge is 2.46. The van der Waals surface area contributed by atoms with Crippen LogP contribution in [0.15, 0.2) is 24.3 Å². The number of hydrogen-bond acceptors (Lipinski definition) is 3. The van der Waals surface area contributed by atoms with Gasteiger partial charge in [-0.2, -0.15) is 5.10 Å². The number of benzene rings is 1. The van der Waals surface area contributed by atoms with E-state index in [1.807, 2.05) is 24.3 Å². The Bertz CT molecular complexity index is 817. The monoisotopic (exact) mass is 350 g/mol. The van der Waals surface area contributed by atoms with Crippen LogP contribution in [0.3, 0.4) is 0 Å². The molecule has 5 heteroatoms. The van der Waals surface area contributed by atoms with Crippen LogP contribution in [0, 0.1) is 11.3 Å². The first-order chi connectivity index (χ1) is 12.6. The molecule has 5 nitrogen and oxygen atoms in total. The van der Waals surface area contributed by atoms with Gasteiger partial charge in [0.25, 0.3) is 5.91 Å². The summed E-state index contributed by atoms with van der Waals surface area (Å²) in [5.74, 6) is 3.20. The summed E-state index contributed by atoms with van der Waals surface area (Å²) in [7, 11) is 0. The van der Waals surface area contributed by atoms with Crippen molar-refractivity contribution in [1.29, 1.82) is 0 Å². The maximum atomic E-state index is 13.0. The number of amides is 1. The quantitative estimate of drug-likeness (QED) is 0.910. The van der Waals surface area contributed by atoms with E-state index in [1.165, 1.54) is 32.1 Å². The van der Waals surface area contributed by atoms with E-state index in [0.717, 1.165) is 48.2 Å². The fourth-order valence-corrected chi connectivity index (χ4v) is 4.61. The number of rotatable bonds is 3. The number of aromatic amines is 1. The number of likely N-dealkylation sites (tertiary alicyclic amines) is 1. The summed E-state index contributed by atoms with van der Waals surface area (Å²) in [6.07, 6.45) is 7.43. The number of H-pyrrole nitrogens is 1. The molecule has 1 unspecified atom stereocenters. The molecule has 1 aromatic carbocycles. The van der Waals surface area contributed by atoms with Gasteiger partial charge in [-0.15, -0.1) is 0 Å². The van der Waals surface area contributed by atoms with Gasteiger partial charge >= 0.3 is 0 Å². The van der Waals surface area contributed by atoms with Crippen molar-refractivity contribution in [3.05, 3.63) is 35.7 Å². The Kier molecular flexibility index (Phi) is 3.66. The molecule has 1 aliphatic heterocycles. The fraction of sp³-hybridized carbons (Fsp3) is 0.571. The topological polar surface area (TPSA) is 61.9 Å². The molecule has 3 aliphatic rings. The number of carbonyl (C=O) groups excluding carboxylic acids is 1. The van der Waals surface area contributed by atoms with Gasteiger partial charge in [0, 0.05) is 30.1 Å². The van der Waals surface area contributed by atoms with Gasteiger partial charge in [-0.1, -0.05) is 25.5 Å². The van der Waals surface area contributed by atoms with Crippen molar-refractivity contribution in [3.8, 4) is 11.4 Å². The van der Waals surface area contributed by atoms with E-state index >= 15 is 0 Å². The second-order valence-electron chi connectivity index (χ2n) is 8.53. The summed E-state index contributed by atoms with van der Waals surface area (Å²) in [5.41, 5.74) is 2.13. The molecule has 0 radical (unpaired) electrons. The second kappa shape index (κ2) is 5.93. The Morgan fingerprint density at radius 2 is 1.96 bits per heavy atom. The van der Waals surface area contributed by atoms with E-state index in [0.29, 0.717) is 11.3 Å². The van der Waals surface area contributed by atoms with Crippen molar-refractivity contribution < 1.29 is 4.79 Å². The van der Waals surface area contributed by atoms with Crippen LogP contribution < -0.4 is 0 Å². The minimum atomic E-state index is 0.170. The molecule has 5 rings (SSSR count). The lowest BCUT2D eigenvalue weighted by molar-refractivity contribution is -0.0208. The SMILES string of the molecule is CC1CCN(C(=O)c2ccc(-c3n[nH]c(C4CC4)n3)cc2)CC12CCC2. The molecule has 2 heterocycles. The normalized spacial score (nSPS) is 24.5. The molecule has 0 bridgehead atoms. The van der Waals surface area contributed by atoms with E-state index in [1.54, 1.807) is 0 Å². The highest BCUT2D eigenvalue weighted by atomic mass is 16.2. The average Bonchev–Trinajstić information content (AvgIpc) is 3.37. The Morgan fingerprint density at radius 3 is 2.62 bits per heavy atom. The molecule has 1 N–H and O–H groups in total. The van der Waals surface area contributed by atoms with Crippen LogP contribution in [0.4, 0.5) is 0 Å². The van der Waals surface area contributed by atoms with Crippen LogP contribution in [0.1, 0.15) is 67.5 Å². The predicted octanol–water partition coefficient (Wildman–Crippen LogP) is 4.00. The summed E-state index contributed by atoms with van der Waals surface area (Å²) in [6.45, 7) is 4.18. The molecule has 2 aliphatic carbocycles. The fourth-order valence-electron chi connectivity index (χ4n) is 4.61.